The first-order valence-electron chi connectivity index (χ1n) is 6.34. The average molecular weight is 235 g/mol. The van der Waals surface area contributed by atoms with Crippen molar-refractivity contribution in [2.24, 2.45) is 11.8 Å². The molecule has 1 heteroatoms. The van der Waals surface area contributed by atoms with E-state index in [9.17, 15) is 4.79 Å². The van der Waals surface area contributed by atoms with E-state index in [-0.39, 0.29) is 5.92 Å². The summed E-state index contributed by atoms with van der Waals surface area (Å²) in [6.07, 6.45) is 12.9. The van der Waals surface area contributed by atoms with Gasteiger partial charge >= 0.3 is 0 Å². The number of carbonyl (C=O) groups is 1. The quantitative estimate of drug-likeness (QED) is 0.782. The first-order chi connectivity index (χ1) is 8.84. The van der Waals surface area contributed by atoms with Gasteiger partial charge in [-0.1, -0.05) is 42.5 Å². The fraction of sp³-hybridized carbons (Fsp3) is 0.176. The third-order valence-corrected chi connectivity index (χ3v) is 3.46. The summed E-state index contributed by atoms with van der Waals surface area (Å²) in [5.74, 6) is 1.78. The van der Waals surface area contributed by atoms with Crippen LogP contribution < -0.4 is 0 Å². The highest BCUT2D eigenvalue weighted by Gasteiger charge is 2.44. The normalized spacial score (nSPS) is 27.8. The van der Waals surface area contributed by atoms with Crippen molar-refractivity contribution in [1.29, 1.82) is 0 Å². The molecule has 3 rings (SSSR count). The lowest BCUT2D eigenvalue weighted by Crippen LogP contribution is -2.12. The Morgan fingerprint density at radius 3 is 2.56 bits per heavy atom. The number of hydrogen-bond donors (Lipinski definition) is 0. The van der Waals surface area contributed by atoms with Crippen molar-refractivity contribution in [3.63, 3.8) is 0 Å². The Morgan fingerprint density at radius 2 is 1.83 bits per heavy atom. The standard InChI is InChI=1S/C17H15O/c18-17(14-8-4-5-9-14)16-12-15(16)11-10-13-6-2-1-3-7-13/h1-11,15-16H,12H2/b11-10+. The van der Waals surface area contributed by atoms with Crippen LogP contribution in [0.1, 0.15) is 12.0 Å². The predicted octanol–water partition coefficient (Wildman–Crippen LogP) is 3.31. The maximum Gasteiger partial charge on any atom is 0.144 e. The van der Waals surface area contributed by atoms with E-state index in [4.69, 9.17) is 0 Å². The van der Waals surface area contributed by atoms with Crippen LogP contribution in [0.15, 0.2) is 36.4 Å². The molecular formula is C17H15O. The highest BCUT2D eigenvalue weighted by Crippen LogP contribution is 2.44. The van der Waals surface area contributed by atoms with Gasteiger partial charge in [0, 0.05) is 11.8 Å². The summed E-state index contributed by atoms with van der Waals surface area (Å²) in [6, 6.07) is 10.2. The van der Waals surface area contributed by atoms with E-state index in [0.29, 0.717) is 11.7 Å². The molecular weight excluding hydrogens is 220 g/mol. The molecule has 0 N–H and O–H groups in total. The van der Waals surface area contributed by atoms with E-state index in [1.165, 1.54) is 5.56 Å². The van der Waals surface area contributed by atoms with Gasteiger partial charge in [-0.15, -0.1) is 0 Å². The zero-order valence-electron chi connectivity index (χ0n) is 10.1. The van der Waals surface area contributed by atoms with Crippen molar-refractivity contribution in [2.45, 2.75) is 6.42 Å². The van der Waals surface area contributed by atoms with Gasteiger partial charge in [-0.2, -0.15) is 0 Å². The first-order valence-corrected chi connectivity index (χ1v) is 6.34. The van der Waals surface area contributed by atoms with Gasteiger partial charge in [0.25, 0.3) is 0 Å². The van der Waals surface area contributed by atoms with E-state index in [1.807, 2.05) is 43.9 Å². The minimum absolute atomic E-state index is 0.201. The fourth-order valence-corrected chi connectivity index (χ4v) is 2.28. The molecule has 0 saturated heterocycles. The van der Waals surface area contributed by atoms with Crippen molar-refractivity contribution >= 4 is 11.9 Å². The monoisotopic (exact) mass is 235 g/mol. The third-order valence-electron chi connectivity index (χ3n) is 3.46. The lowest BCUT2D eigenvalue weighted by Gasteiger charge is -2.04. The Morgan fingerprint density at radius 1 is 1.11 bits per heavy atom. The van der Waals surface area contributed by atoms with Crippen molar-refractivity contribution in [2.75, 3.05) is 0 Å². The second-order valence-corrected chi connectivity index (χ2v) is 4.81. The van der Waals surface area contributed by atoms with Crippen LogP contribution in [0.25, 0.3) is 6.08 Å². The molecule has 18 heavy (non-hydrogen) atoms. The minimum Gasteiger partial charge on any atom is -0.299 e. The van der Waals surface area contributed by atoms with E-state index >= 15 is 0 Å². The maximum absolute atomic E-state index is 12.1. The van der Waals surface area contributed by atoms with Crippen LogP contribution in [0.2, 0.25) is 0 Å². The molecule has 5 radical (unpaired) electrons. The van der Waals surface area contributed by atoms with Crippen LogP contribution in [-0.2, 0) is 4.79 Å². The number of rotatable bonds is 4. The highest BCUT2D eigenvalue weighted by atomic mass is 16.1. The summed E-state index contributed by atoms with van der Waals surface area (Å²) in [7, 11) is 0. The third kappa shape index (κ3) is 2.55. The molecule has 2 aliphatic carbocycles. The van der Waals surface area contributed by atoms with Gasteiger partial charge in [-0.05, 0) is 43.6 Å². The lowest BCUT2D eigenvalue weighted by atomic mass is 9.98. The molecule has 2 aliphatic rings. The summed E-state index contributed by atoms with van der Waals surface area (Å²) in [5.41, 5.74) is 1.20. The van der Waals surface area contributed by atoms with Crippen LogP contribution in [0.3, 0.4) is 0 Å². The van der Waals surface area contributed by atoms with Gasteiger partial charge in [-0.3, -0.25) is 4.79 Å². The Kier molecular flexibility index (Phi) is 3.31. The Balaban J connectivity index is 1.55. The van der Waals surface area contributed by atoms with Gasteiger partial charge < -0.3 is 0 Å². The number of carbonyl (C=O) groups excluding carboxylic acids is 1. The SMILES string of the molecule is O=C([C]1[CH][CH][CH][CH]1)C1CC1/C=C/c1ccccc1. The van der Waals surface area contributed by atoms with Crippen molar-refractivity contribution in [3.8, 4) is 0 Å². The average Bonchev–Trinajstić information content (AvgIpc) is 2.98. The molecule has 2 fully saturated rings. The fourth-order valence-electron chi connectivity index (χ4n) is 2.28. The van der Waals surface area contributed by atoms with Gasteiger partial charge in [0.05, 0.1) is 0 Å². The van der Waals surface area contributed by atoms with Gasteiger partial charge in [0.1, 0.15) is 5.78 Å². The van der Waals surface area contributed by atoms with Crippen LogP contribution in [0.4, 0.5) is 0 Å². The number of benzene rings is 1. The Labute approximate surface area is 109 Å². The molecule has 1 aromatic carbocycles. The summed E-state index contributed by atoms with van der Waals surface area (Å²) < 4.78 is 0. The van der Waals surface area contributed by atoms with Crippen LogP contribution in [0.5, 0.6) is 0 Å². The minimum atomic E-state index is 0.201. The molecule has 1 aromatic rings. The molecule has 0 heterocycles. The van der Waals surface area contributed by atoms with Gasteiger partial charge in [0.2, 0.25) is 0 Å². The second kappa shape index (κ2) is 5.09. The number of hydrogen-bond acceptors (Lipinski definition) is 1. The maximum atomic E-state index is 12.1. The van der Waals surface area contributed by atoms with Gasteiger partial charge in [-0.25, -0.2) is 0 Å². The molecule has 0 aliphatic heterocycles. The molecule has 0 bridgehead atoms. The predicted molar refractivity (Wildman–Crippen MR) is 72.5 cm³/mol. The molecule has 2 unspecified atom stereocenters. The first kappa shape index (κ1) is 11.7. The summed E-state index contributed by atoms with van der Waals surface area (Å²) in [6.45, 7) is 0. The number of Topliss-reactive ketones (excluding diaryl/α,β-unsaturated/α-hetero) is 1. The summed E-state index contributed by atoms with van der Waals surface area (Å²) in [4.78, 5) is 12.1. The van der Waals surface area contributed by atoms with E-state index in [0.717, 1.165) is 12.3 Å². The van der Waals surface area contributed by atoms with Crippen molar-refractivity contribution < 1.29 is 4.79 Å². The molecule has 2 saturated carbocycles. The Hall–Kier alpha value is -1.37. The van der Waals surface area contributed by atoms with Crippen molar-refractivity contribution in [3.05, 3.63) is 73.6 Å². The van der Waals surface area contributed by atoms with Crippen LogP contribution >= 0.6 is 0 Å². The van der Waals surface area contributed by atoms with E-state index in [1.54, 1.807) is 0 Å². The molecule has 0 spiro atoms. The van der Waals surface area contributed by atoms with Crippen LogP contribution in [-0.4, -0.2) is 5.78 Å². The topological polar surface area (TPSA) is 17.1 Å². The summed E-state index contributed by atoms with van der Waals surface area (Å²) in [5, 5.41) is 0. The second-order valence-electron chi connectivity index (χ2n) is 4.81. The Bertz CT molecular complexity index is 440. The molecule has 1 nitrogen and oxygen atoms in total. The number of allylic oxidation sites excluding steroid dienone is 1. The zero-order valence-corrected chi connectivity index (χ0v) is 10.1. The largest absolute Gasteiger partial charge is 0.299 e. The van der Waals surface area contributed by atoms with E-state index < -0.39 is 0 Å². The smallest absolute Gasteiger partial charge is 0.144 e. The lowest BCUT2D eigenvalue weighted by molar-refractivity contribution is -0.118. The van der Waals surface area contributed by atoms with E-state index in [2.05, 4.69) is 24.3 Å². The van der Waals surface area contributed by atoms with Crippen LogP contribution in [0, 0.1) is 43.4 Å². The van der Waals surface area contributed by atoms with Crippen molar-refractivity contribution in [1.82, 2.24) is 0 Å². The zero-order chi connectivity index (χ0) is 12.4. The molecule has 2 atom stereocenters. The molecule has 0 amide bonds. The molecule has 89 valence electrons. The number of ketones is 1. The highest BCUT2D eigenvalue weighted by molar-refractivity contribution is 6.01. The molecule has 0 aromatic heterocycles. The summed E-state index contributed by atoms with van der Waals surface area (Å²) >= 11 is 0. The van der Waals surface area contributed by atoms with Gasteiger partial charge in [0.15, 0.2) is 0 Å².